The summed E-state index contributed by atoms with van der Waals surface area (Å²) in [5, 5.41) is 3.00. The number of rotatable bonds is 5. The van der Waals surface area contributed by atoms with Crippen LogP contribution in [0.1, 0.15) is 46.5 Å². The van der Waals surface area contributed by atoms with Crippen molar-refractivity contribution in [1.82, 2.24) is 5.32 Å². The van der Waals surface area contributed by atoms with Crippen molar-refractivity contribution >= 4 is 5.91 Å². The Labute approximate surface area is 149 Å². The molecule has 1 N–H and O–H groups in total. The van der Waals surface area contributed by atoms with Crippen LogP contribution in [0.4, 0.5) is 0 Å². The third kappa shape index (κ3) is 3.78. The maximum absolute atomic E-state index is 12.5. The molecule has 1 heterocycles. The molecule has 1 atom stereocenters. The second-order valence-electron chi connectivity index (χ2n) is 6.63. The summed E-state index contributed by atoms with van der Waals surface area (Å²) in [7, 11) is 0. The number of hydrogen-bond donors (Lipinski definition) is 1. The van der Waals surface area contributed by atoms with Gasteiger partial charge in [0.25, 0.3) is 5.91 Å². The average molecular weight is 339 g/mol. The van der Waals surface area contributed by atoms with Gasteiger partial charge in [-0.1, -0.05) is 17.7 Å². The van der Waals surface area contributed by atoms with Crippen molar-refractivity contribution in [1.29, 1.82) is 0 Å². The van der Waals surface area contributed by atoms with Gasteiger partial charge in [0.2, 0.25) is 0 Å². The van der Waals surface area contributed by atoms with Gasteiger partial charge in [-0.25, -0.2) is 0 Å². The van der Waals surface area contributed by atoms with Crippen molar-refractivity contribution < 1.29 is 14.3 Å². The van der Waals surface area contributed by atoms with Crippen molar-refractivity contribution in [3.05, 3.63) is 58.1 Å². The van der Waals surface area contributed by atoms with Gasteiger partial charge < -0.3 is 14.8 Å². The molecule has 132 valence electrons. The second-order valence-corrected chi connectivity index (χ2v) is 6.63. The van der Waals surface area contributed by atoms with E-state index in [9.17, 15) is 4.79 Å². The minimum atomic E-state index is -0.0743. The van der Waals surface area contributed by atoms with Gasteiger partial charge in [-0.3, -0.25) is 4.79 Å². The van der Waals surface area contributed by atoms with E-state index in [1.165, 1.54) is 5.56 Å². The Hall–Kier alpha value is -2.49. The molecule has 0 saturated heterocycles. The lowest BCUT2D eigenvalue weighted by Crippen LogP contribution is -2.24. The van der Waals surface area contributed by atoms with E-state index in [1.54, 1.807) is 0 Å². The number of fused-ring (bicyclic) bond motifs is 1. The van der Waals surface area contributed by atoms with Gasteiger partial charge in [0.05, 0.1) is 6.61 Å². The number of carbonyl (C=O) groups is 1. The van der Waals surface area contributed by atoms with Crippen molar-refractivity contribution in [3.63, 3.8) is 0 Å². The summed E-state index contributed by atoms with van der Waals surface area (Å²) in [4.78, 5) is 12.5. The number of hydrogen-bond acceptors (Lipinski definition) is 3. The minimum Gasteiger partial charge on any atom is -0.494 e. The molecule has 3 rings (SSSR count). The van der Waals surface area contributed by atoms with E-state index in [0.29, 0.717) is 18.7 Å². The summed E-state index contributed by atoms with van der Waals surface area (Å²) in [5.41, 5.74) is 4.94. The fourth-order valence-corrected chi connectivity index (χ4v) is 3.25. The van der Waals surface area contributed by atoms with Crippen LogP contribution in [0.3, 0.4) is 0 Å². The molecule has 0 spiro atoms. The zero-order valence-electron chi connectivity index (χ0n) is 15.3. The third-order valence-corrected chi connectivity index (χ3v) is 4.44. The Morgan fingerprint density at radius 2 is 2.08 bits per heavy atom. The Morgan fingerprint density at radius 1 is 1.28 bits per heavy atom. The fourth-order valence-electron chi connectivity index (χ4n) is 3.25. The van der Waals surface area contributed by atoms with E-state index in [1.807, 2.05) is 51.1 Å². The summed E-state index contributed by atoms with van der Waals surface area (Å²) >= 11 is 0. The summed E-state index contributed by atoms with van der Waals surface area (Å²) in [6, 6.07) is 9.88. The maximum Gasteiger partial charge on any atom is 0.251 e. The van der Waals surface area contributed by atoms with Crippen molar-refractivity contribution in [2.75, 3.05) is 6.61 Å². The van der Waals surface area contributed by atoms with E-state index in [-0.39, 0.29) is 12.0 Å². The summed E-state index contributed by atoms with van der Waals surface area (Å²) in [6.45, 7) is 9.00. The first-order valence-electron chi connectivity index (χ1n) is 8.78. The molecule has 0 aliphatic carbocycles. The lowest BCUT2D eigenvalue weighted by atomic mass is 10.0. The second kappa shape index (κ2) is 7.18. The number of carbonyl (C=O) groups excluding carboxylic acids is 1. The molecule has 1 aliphatic rings. The molecular weight excluding hydrogens is 314 g/mol. The van der Waals surface area contributed by atoms with Gasteiger partial charge in [0.15, 0.2) is 0 Å². The van der Waals surface area contributed by atoms with Gasteiger partial charge in [0.1, 0.15) is 17.6 Å². The molecule has 0 fully saturated rings. The highest BCUT2D eigenvalue weighted by molar-refractivity contribution is 5.95. The van der Waals surface area contributed by atoms with Gasteiger partial charge >= 0.3 is 0 Å². The first kappa shape index (κ1) is 17.3. The molecule has 0 unspecified atom stereocenters. The fraction of sp³-hybridized carbons (Fsp3) is 0.381. The van der Waals surface area contributed by atoms with Crippen LogP contribution >= 0.6 is 0 Å². The standard InChI is InChI=1S/C21H25NO3/c1-5-24-19-10-16-9-15(4)25-20(16)11-17(19)12-22-21(23)18-7-6-13(2)8-14(18)3/h6-8,10-11,15H,5,9,12H2,1-4H3,(H,22,23)/t15-/m0/s1. The van der Waals surface area contributed by atoms with E-state index in [2.05, 4.69) is 12.2 Å². The van der Waals surface area contributed by atoms with Crippen LogP contribution in [-0.4, -0.2) is 18.6 Å². The quantitative estimate of drug-likeness (QED) is 0.897. The highest BCUT2D eigenvalue weighted by Crippen LogP contribution is 2.35. The summed E-state index contributed by atoms with van der Waals surface area (Å²) in [6.07, 6.45) is 1.08. The van der Waals surface area contributed by atoms with Crippen LogP contribution in [0.2, 0.25) is 0 Å². The zero-order valence-corrected chi connectivity index (χ0v) is 15.3. The van der Waals surface area contributed by atoms with E-state index in [4.69, 9.17) is 9.47 Å². The van der Waals surface area contributed by atoms with Crippen LogP contribution in [0.5, 0.6) is 11.5 Å². The zero-order chi connectivity index (χ0) is 18.0. The van der Waals surface area contributed by atoms with Gasteiger partial charge in [-0.2, -0.15) is 0 Å². The van der Waals surface area contributed by atoms with E-state index in [0.717, 1.165) is 34.6 Å². The number of nitrogens with one attached hydrogen (secondary N) is 1. The molecular formula is C21H25NO3. The highest BCUT2D eigenvalue weighted by atomic mass is 16.5. The molecule has 0 aromatic heterocycles. The summed E-state index contributed by atoms with van der Waals surface area (Å²) < 4.78 is 11.6. The van der Waals surface area contributed by atoms with Crippen molar-refractivity contribution in [2.24, 2.45) is 0 Å². The third-order valence-electron chi connectivity index (χ3n) is 4.44. The topological polar surface area (TPSA) is 47.6 Å². The molecule has 0 radical (unpaired) electrons. The molecule has 2 aromatic rings. The Balaban J connectivity index is 1.78. The average Bonchev–Trinajstić information content (AvgIpc) is 2.91. The van der Waals surface area contributed by atoms with Gasteiger partial charge in [-0.15, -0.1) is 0 Å². The lowest BCUT2D eigenvalue weighted by Gasteiger charge is -2.14. The lowest BCUT2D eigenvalue weighted by molar-refractivity contribution is 0.0950. The predicted molar refractivity (Wildman–Crippen MR) is 98.5 cm³/mol. The normalized spacial score (nSPS) is 15.4. The van der Waals surface area contributed by atoms with E-state index >= 15 is 0 Å². The molecule has 25 heavy (non-hydrogen) atoms. The number of benzene rings is 2. The summed E-state index contributed by atoms with van der Waals surface area (Å²) in [5.74, 6) is 1.64. The maximum atomic E-state index is 12.5. The monoisotopic (exact) mass is 339 g/mol. The number of ether oxygens (including phenoxy) is 2. The molecule has 2 aromatic carbocycles. The van der Waals surface area contributed by atoms with Crippen molar-refractivity contribution in [2.45, 2.75) is 46.8 Å². The van der Waals surface area contributed by atoms with Gasteiger partial charge in [-0.05, 0) is 51.5 Å². The molecule has 4 heteroatoms. The van der Waals surface area contributed by atoms with Crippen molar-refractivity contribution in [3.8, 4) is 11.5 Å². The highest BCUT2D eigenvalue weighted by Gasteiger charge is 2.22. The van der Waals surface area contributed by atoms with Gasteiger partial charge in [0, 0.05) is 29.7 Å². The largest absolute Gasteiger partial charge is 0.494 e. The molecule has 1 amide bonds. The smallest absolute Gasteiger partial charge is 0.251 e. The SMILES string of the molecule is CCOc1cc2c(cc1CNC(=O)c1ccc(C)cc1C)O[C@@H](C)C2. The molecule has 0 saturated carbocycles. The predicted octanol–water partition coefficient (Wildman–Crippen LogP) is 3.96. The Bertz CT molecular complexity index is 798. The van der Waals surface area contributed by atoms with Crippen LogP contribution in [0, 0.1) is 13.8 Å². The van der Waals surface area contributed by atoms with Crippen LogP contribution in [-0.2, 0) is 13.0 Å². The molecule has 1 aliphatic heterocycles. The van der Waals surface area contributed by atoms with Crippen LogP contribution in [0.15, 0.2) is 30.3 Å². The number of amides is 1. The van der Waals surface area contributed by atoms with Crippen LogP contribution in [0.25, 0.3) is 0 Å². The Morgan fingerprint density at radius 3 is 2.80 bits per heavy atom. The first-order chi connectivity index (χ1) is 12.0. The van der Waals surface area contributed by atoms with Crippen LogP contribution < -0.4 is 14.8 Å². The molecule has 4 nitrogen and oxygen atoms in total. The first-order valence-corrected chi connectivity index (χ1v) is 8.78. The number of aryl methyl sites for hydroxylation is 2. The minimum absolute atomic E-state index is 0.0743. The Kier molecular flexibility index (Phi) is 4.98. The molecule has 0 bridgehead atoms. The van der Waals surface area contributed by atoms with E-state index < -0.39 is 0 Å².